The molecule has 0 amide bonds. The lowest BCUT2D eigenvalue weighted by Gasteiger charge is -2.01. The third-order valence-corrected chi connectivity index (χ3v) is 2.32. The number of halogens is 1. The van der Waals surface area contributed by atoms with E-state index in [0.29, 0.717) is 12.8 Å². The Bertz CT molecular complexity index is 310. The number of unbranched alkanes of at least 4 members (excludes halogenated alkanes) is 1. The molecule has 0 aromatic rings. The molecule has 0 rings (SSSR count). The van der Waals surface area contributed by atoms with Crippen LogP contribution < -0.4 is 0 Å². The Morgan fingerprint density at radius 1 is 0.800 bits per heavy atom. The number of rotatable bonds is 7. The van der Waals surface area contributed by atoms with Crippen LogP contribution in [0.5, 0.6) is 0 Å². The molecule has 0 N–H and O–H groups in total. The highest BCUT2D eigenvalue weighted by atomic mass is 35.5. The highest BCUT2D eigenvalue weighted by Gasteiger charge is 2.02. The molecule has 94 valence electrons. The van der Waals surface area contributed by atoms with Crippen LogP contribution in [0.1, 0.15) is 12.8 Å². The molecule has 0 aliphatic carbocycles. The molecule has 6 nitrogen and oxygen atoms in total. The van der Waals surface area contributed by atoms with E-state index < -0.39 is 20.2 Å². The van der Waals surface area contributed by atoms with Crippen LogP contribution in [-0.4, -0.2) is 42.6 Å². The maximum atomic E-state index is 10.5. The van der Waals surface area contributed by atoms with Gasteiger partial charge in [-0.05, 0) is 12.8 Å². The van der Waals surface area contributed by atoms with Gasteiger partial charge in [-0.25, -0.2) is 0 Å². The second-order valence-corrected chi connectivity index (χ2v) is 6.05. The van der Waals surface area contributed by atoms with Crippen molar-refractivity contribution in [3.8, 4) is 0 Å². The van der Waals surface area contributed by atoms with Crippen molar-refractivity contribution < 1.29 is 25.2 Å². The van der Waals surface area contributed by atoms with Crippen molar-refractivity contribution >= 4 is 32.6 Å². The summed E-state index contributed by atoms with van der Waals surface area (Å²) in [6.07, 6.45) is 2.78. The van der Waals surface area contributed by atoms with E-state index in [0.717, 1.165) is 12.5 Å². The third-order valence-electron chi connectivity index (χ3n) is 1.13. The lowest BCUT2D eigenvalue weighted by atomic mass is 10.3. The van der Waals surface area contributed by atoms with Gasteiger partial charge < -0.3 is 0 Å². The molecular weight excluding hydrogens is 268 g/mol. The van der Waals surface area contributed by atoms with Gasteiger partial charge in [0.2, 0.25) is 0 Å². The second kappa shape index (κ2) is 7.39. The smallest absolute Gasteiger partial charge is 0.264 e. The van der Waals surface area contributed by atoms with E-state index in [1.807, 2.05) is 0 Å². The van der Waals surface area contributed by atoms with E-state index in [1.165, 1.54) is 0 Å². The minimum Gasteiger partial charge on any atom is -0.270 e. The molecule has 0 aliphatic heterocycles. The molecule has 0 heterocycles. The first-order valence-electron chi connectivity index (χ1n) is 3.89. The van der Waals surface area contributed by atoms with Crippen molar-refractivity contribution in [2.45, 2.75) is 12.8 Å². The summed E-state index contributed by atoms with van der Waals surface area (Å²) in [5.41, 5.74) is 0. The van der Waals surface area contributed by atoms with Gasteiger partial charge in [0.1, 0.15) is 0 Å². The molecule has 0 aromatic heterocycles. The summed E-state index contributed by atoms with van der Waals surface area (Å²) in [5, 5.41) is 0. The van der Waals surface area contributed by atoms with Gasteiger partial charge in [-0.1, -0.05) is 0 Å². The van der Waals surface area contributed by atoms with Gasteiger partial charge in [0.15, 0.2) is 0 Å². The first-order chi connectivity index (χ1) is 6.21. The Labute approximate surface area is 96.6 Å². The third kappa shape index (κ3) is 16.8. The van der Waals surface area contributed by atoms with Crippen LogP contribution in [0.4, 0.5) is 0 Å². The normalized spacial score (nSPS) is 12.1. The molecule has 0 unspecified atom stereocenters. The predicted octanol–water partition coefficient (Wildman–Crippen LogP) is 0.141. The fraction of sp³-hybridized carbons (Fsp3) is 1.00. The summed E-state index contributed by atoms with van der Waals surface area (Å²) in [6.45, 7) is 0.0951. The molecule has 0 fully saturated rings. The van der Waals surface area contributed by atoms with E-state index in [4.69, 9.17) is 0 Å². The lowest BCUT2D eigenvalue weighted by Crippen LogP contribution is -2.07. The zero-order valence-corrected chi connectivity index (χ0v) is 11.0. The molecule has 15 heavy (non-hydrogen) atoms. The SMILES string of the molecule is CS(=O)(=O)OCCCCOS(C)(=O)=O.Cl. The number of hydrogen-bond acceptors (Lipinski definition) is 6. The Kier molecular flexibility index (Phi) is 8.63. The zero-order chi connectivity index (χ0) is 11.2. The predicted molar refractivity (Wildman–Crippen MR) is 58.1 cm³/mol. The monoisotopic (exact) mass is 282 g/mol. The largest absolute Gasteiger partial charge is 0.270 e. The lowest BCUT2D eigenvalue weighted by molar-refractivity contribution is 0.273. The molecule has 9 heteroatoms. The second-order valence-electron chi connectivity index (χ2n) is 2.76. The van der Waals surface area contributed by atoms with Crippen LogP contribution in [0.3, 0.4) is 0 Å². The van der Waals surface area contributed by atoms with Crippen LogP contribution in [0.15, 0.2) is 0 Å². The van der Waals surface area contributed by atoms with Gasteiger partial charge in [-0.15, -0.1) is 12.4 Å². The van der Waals surface area contributed by atoms with Gasteiger partial charge in [-0.3, -0.25) is 8.37 Å². The van der Waals surface area contributed by atoms with Gasteiger partial charge in [-0.2, -0.15) is 16.8 Å². The van der Waals surface area contributed by atoms with Crippen molar-refractivity contribution in [2.24, 2.45) is 0 Å². The molecule has 0 bridgehead atoms. The Balaban J connectivity index is 0. The van der Waals surface area contributed by atoms with Crippen LogP contribution >= 0.6 is 12.4 Å². The molecule has 0 saturated heterocycles. The van der Waals surface area contributed by atoms with E-state index in [-0.39, 0.29) is 25.6 Å². The van der Waals surface area contributed by atoms with Crippen LogP contribution in [0.2, 0.25) is 0 Å². The summed E-state index contributed by atoms with van der Waals surface area (Å²) in [7, 11) is -6.80. The average molecular weight is 283 g/mol. The minimum absolute atomic E-state index is 0. The minimum atomic E-state index is -3.40. The quantitative estimate of drug-likeness (QED) is 0.488. The van der Waals surface area contributed by atoms with Crippen LogP contribution in [0.25, 0.3) is 0 Å². The highest BCUT2D eigenvalue weighted by Crippen LogP contribution is 1.96. The van der Waals surface area contributed by atoms with Gasteiger partial charge in [0, 0.05) is 0 Å². The van der Waals surface area contributed by atoms with Crippen molar-refractivity contribution in [2.75, 3.05) is 25.7 Å². The van der Waals surface area contributed by atoms with Gasteiger partial charge in [0.05, 0.1) is 25.7 Å². The summed E-state index contributed by atoms with van der Waals surface area (Å²) in [6, 6.07) is 0. The molecule has 0 spiro atoms. The van der Waals surface area contributed by atoms with E-state index >= 15 is 0 Å². The first kappa shape index (κ1) is 17.5. The van der Waals surface area contributed by atoms with Gasteiger partial charge >= 0.3 is 0 Å². The Morgan fingerprint density at radius 2 is 1.07 bits per heavy atom. The van der Waals surface area contributed by atoms with Crippen LogP contribution in [0, 0.1) is 0 Å². The maximum Gasteiger partial charge on any atom is 0.264 e. The summed E-state index contributed by atoms with van der Waals surface area (Å²) in [5.74, 6) is 0. The summed E-state index contributed by atoms with van der Waals surface area (Å²) >= 11 is 0. The van der Waals surface area contributed by atoms with Crippen molar-refractivity contribution in [3.63, 3.8) is 0 Å². The average Bonchev–Trinajstić information content (AvgIpc) is 1.92. The van der Waals surface area contributed by atoms with Gasteiger partial charge in [0.25, 0.3) is 20.2 Å². The van der Waals surface area contributed by atoms with Crippen molar-refractivity contribution in [1.29, 1.82) is 0 Å². The topological polar surface area (TPSA) is 86.7 Å². The molecule has 0 atom stereocenters. The first-order valence-corrected chi connectivity index (χ1v) is 7.53. The van der Waals surface area contributed by atoms with E-state index in [9.17, 15) is 16.8 Å². The molecular formula is C6H15ClO6S2. The Morgan fingerprint density at radius 3 is 1.27 bits per heavy atom. The summed E-state index contributed by atoms with van der Waals surface area (Å²) in [4.78, 5) is 0. The van der Waals surface area contributed by atoms with Crippen molar-refractivity contribution in [1.82, 2.24) is 0 Å². The summed E-state index contributed by atoms with van der Waals surface area (Å²) < 4.78 is 50.8. The fourth-order valence-corrected chi connectivity index (χ4v) is 1.47. The maximum absolute atomic E-state index is 10.5. The number of hydrogen-bond donors (Lipinski definition) is 0. The zero-order valence-electron chi connectivity index (χ0n) is 8.50. The molecule has 0 radical (unpaired) electrons. The fourth-order valence-electron chi connectivity index (χ4n) is 0.625. The van der Waals surface area contributed by atoms with E-state index in [1.54, 1.807) is 0 Å². The Hall–Kier alpha value is 0.110. The molecule has 0 aliphatic rings. The molecule has 0 aromatic carbocycles. The van der Waals surface area contributed by atoms with Crippen LogP contribution in [-0.2, 0) is 28.6 Å². The van der Waals surface area contributed by atoms with E-state index in [2.05, 4.69) is 8.37 Å². The highest BCUT2D eigenvalue weighted by molar-refractivity contribution is 7.86. The standard InChI is InChI=1S/C6H14O6S2.ClH/c1-13(7,8)11-5-3-4-6-12-14(2,9)10;/h3-6H2,1-2H3;1H. The van der Waals surface area contributed by atoms with Crippen molar-refractivity contribution in [3.05, 3.63) is 0 Å². The molecule has 0 saturated carbocycles.